The molecule has 1 N–H and O–H groups in total. The molecular weight excluding hydrogens is 424 g/mol. The van der Waals surface area contributed by atoms with Crippen LogP contribution >= 0.6 is 0 Å². The molecule has 0 aliphatic carbocycles. The summed E-state index contributed by atoms with van der Waals surface area (Å²) in [5.41, 5.74) is 4.09. The van der Waals surface area contributed by atoms with E-state index in [4.69, 9.17) is 0 Å². The number of anilines is 2. The highest BCUT2D eigenvalue weighted by molar-refractivity contribution is 6.09. The Morgan fingerprint density at radius 3 is 2.15 bits per heavy atom. The number of hydrogen-bond donors (Lipinski definition) is 1. The summed E-state index contributed by atoms with van der Waals surface area (Å²) >= 11 is 0. The molecule has 3 rings (SSSR count). The molecule has 3 aromatic carbocycles. The third kappa shape index (κ3) is 6.33. The van der Waals surface area contributed by atoms with Gasteiger partial charge in [-0.1, -0.05) is 42.5 Å². The van der Waals surface area contributed by atoms with Crippen LogP contribution in [0.25, 0.3) is 6.08 Å². The normalized spacial score (nSPS) is 10.8. The Morgan fingerprint density at radius 1 is 0.941 bits per heavy atom. The standard InChI is InChI=1S/C28H28N4O2/c1-4-32(20-22-8-6-5-7-9-22)26-16-10-21(11-17-26)18-24(19-29)27(33)30-25-14-12-23(13-15-25)28(34)31(2)3/h5-18H,4,20H2,1-3H3,(H,30,33)/b24-18+. The van der Waals surface area contributed by atoms with Crippen molar-refractivity contribution in [2.24, 2.45) is 0 Å². The maximum Gasteiger partial charge on any atom is 0.266 e. The van der Waals surface area contributed by atoms with Crippen molar-refractivity contribution in [2.75, 3.05) is 30.9 Å². The van der Waals surface area contributed by atoms with Crippen molar-refractivity contribution >= 4 is 29.3 Å². The van der Waals surface area contributed by atoms with Crippen molar-refractivity contribution in [3.63, 3.8) is 0 Å². The maximum atomic E-state index is 12.6. The second-order valence-corrected chi connectivity index (χ2v) is 7.99. The quantitative estimate of drug-likeness (QED) is 0.387. The van der Waals surface area contributed by atoms with Crippen LogP contribution in [-0.2, 0) is 11.3 Å². The monoisotopic (exact) mass is 452 g/mol. The van der Waals surface area contributed by atoms with Crippen LogP contribution in [0.15, 0.2) is 84.4 Å². The summed E-state index contributed by atoms with van der Waals surface area (Å²) in [4.78, 5) is 28.3. The van der Waals surface area contributed by atoms with Crippen LogP contribution < -0.4 is 10.2 Å². The summed E-state index contributed by atoms with van der Waals surface area (Å²) in [6, 6.07) is 26.6. The van der Waals surface area contributed by atoms with Crippen LogP contribution in [0.2, 0.25) is 0 Å². The predicted octanol–water partition coefficient (Wildman–Crippen LogP) is 4.96. The number of carbonyl (C=O) groups excluding carboxylic acids is 2. The number of carbonyl (C=O) groups is 2. The summed E-state index contributed by atoms with van der Waals surface area (Å²) in [6.45, 7) is 3.77. The van der Waals surface area contributed by atoms with E-state index in [2.05, 4.69) is 29.3 Å². The lowest BCUT2D eigenvalue weighted by Crippen LogP contribution is -2.21. The van der Waals surface area contributed by atoms with E-state index in [0.29, 0.717) is 11.3 Å². The van der Waals surface area contributed by atoms with Gasteiger partial charge in [0.15, 0.2) is 0 Å². The summed E-state index contributed by atoms with van der Waals surface area (Å²) in [5, 5.41) is 12.2. The molecule has 0 fully saturated rings. The van der Waals surface area contributed by atoms with Crippen molar-refractivity contribution in [3.8, 4) is 6.07 Å². The van der Waals surface area contributed by atoms with Crippen LogP contribution in [-0.4, -0.2) is 37.4 Å². The first-order valence-corrected chi connectivity index (χ1v) is 11.0. The van der Waals surface area contributed by atoms with E-state index in [1.165, 1.54) is 10.5 Å². The molecule has 0 spiro atoms. The van der Waals surface area contributed by atoms with Crippen LogP contribution in [0.5, 0.6) is 0 Å². The third-order valence-corrected chi connectivity index (χ3v) is 5.33. The first-order valence-electron chi connectivity index (χ1n) is 11.0. The number of rotatable bonds is 8. The molecule has 6 heteroatoms. The first-order chi connectivity index (χ1) is 16.4. The summed E-state index contributed by atoms with van der Waals surface area (Å²) in [7, 11) is 3.36. The zero-order chi connectivity index (χ0) is 24.5. The maximum absolute atomic E-state index is 12.6. The summed E-state index contributed by atoms with van der Waals surface area (Å²) < 4.78 is 0. The number of nitriles is 1. The van der Waals surface area contributed by atoms with Crippen LogP contribution in [0.3, 0.4) is 0 Å². The molecule has 0 saturated carbocycles. The Balaban J connectivity index is 1.69. The molecule has 0 bridgehead atoms. The average Bonchev–Trinajstić information content (AvgIpc) is 2.86. The average molecular weight is 453 g/mol. The number of amides is 2. The third-order valence-electron chi connectivity index (χ3n) is 5.33. The van der Waals surface area contributed by atoms with Gasteiger partial charge >= 0.3 is 0 Å². The molecular formula is C28H28N4O2. The van der Waals surface area contributed by atoms with Gasteiger partial charge in [0.25, 0.3) is 11.8 Å². The Kier molecular flexibility index (Phi) is 8.20. The van der Waals surface area contributed by atoms with Gasteiger partial charge in [-0.15, -0.1) is 0 Å². The number of nitrogens with zero attached hydrogens (tertiary/aromatic N) is 3. The van der Waals surface area contributed by atoms with Crippen molar-refractivity contribution < 1.29 is 9.59 Å². The highest BCUT2D eigenvalue weighted by atomic mass is 16.2. The Morgan fingerprint density at radius 2 is 1.59 bits per heavy atom. The minimum atomic E-state index is -0.502. The zero-order valence-corrected chi connectivity index (χ0v) is 19.7. The Hall–Kier alpha value is -4.37. The molecule has 3 aromatic rings. The highest BCUT2D eigenvalue weighted by Crippen LogP contribution is 2.20. The fourth-order valence-electron chi connectivity index (χ4n) is 3.44. The van der Waals surface area contributed by atoms with E-state index in [-0.39, 0.29) is 11.5 Å². The lowest BCUT2D eigenvalue weighted by Gasteiger charge is -2.23. The van der Waals surface area contributed by atoms with Gasteiger partial charge in [-0.2, -0.15) is 5.26 Å². The number of hydrogen-bond acceptors (Lipinski definition) is 4. The Labute approximate surface area is 200 Å². The first kappa shape index (κ1) is 24.3. The largest absolute Gasteiger partial charge is 0.367 e. The second-order valence-electron chi connectivity index (χ2n) is 7.99. The fourth-order valence-corrected chi connectivity index (χ4v) is 3.44. The van der Waals surface area contributed by atoms with Gasteiger partial charge in [0, 0.05) is 44.1 Å². The van der Waals surface area contributed by atoms with Crippen molar-refractivity contribution in [3.05, 3.63) is 101 Å². The number of nitrogens with one attached hydrogen (secondary N) is 1. The molecule has 172 valence electrons. The lowest BCUT2D eigenvalue weighted by molar-refractivity contribution is -0.112. The molecule has 34 heavy (non-hydrogen) atoms. The summed E-state index contributed by atoms with van der Waals surface area (Å²) in [5.74, 6) is -0.623. The molecule has 0 atom stereocenters. The van der Waals surface area contributed by atoms with Gasteiger partial charge in [-0.3, -0.25) is 9.59 Å². The van der Waals surface area contributed by atoms with E-state index in [9.17, 15) is 14.9 Å². The van der Waals surface area contributed by atoms with E-state index < -0.39 is 5.91 Å². The zero-order valence-electron chi connectivity index (χ0n) is 19.7. The van der Waals surface area contributed by atoms with Crippen LogP contribution in [0.4, 0.5) is 11.4 Å². The van der Waals surface area contributed by atoms with Gasteiger partial charge in [0.05, 0.1) is 0 Å². The minimum Gasteiger partial charge on any atom is -0.367 e. The molecule has 0 aliphatic rings. The smallest absolute Gasteiger partial charge is 0.266 e. The molecule has 0 unspecified atom stereocenters. The minimum absolute atomic E-state index is 0.00201. The topological polar surface area (TPSA) is 76.4 Å². The SMILES string of the molecule is CCN(Cc1ccccc1)c1ccc(/C=C(\C#N)C(=O)Nc2ccc(C(=O)N(C)C)cc2)cc1. The molecule has 0 aliphatic heterocycles. The van der Waals surface area contributed by atoms with E-state index in [0.717, 1.165) is 24.3 Å². The molecule has 0 heterocycles. The van der Waals surface area contributed by atoms with Gasteiger partial charge in [0.1, 0.15) is 11.6 Å². The fraction of sp³-hybridized carbons (Fsp3) is 0.179. The molecule has 0 radical (unpaired) electrons. The van der Waals surface area contributed by atoms with Crippen molar-refractivity contribution in [2.45, 2.75) is 13.5 Å². The van der Waals surface area contributed by atoms with Gasteiger partial charge in [0.2, 0.25) is 0 Å². The second kappa shape index (κ2) is 11.5. The molecule has 6 nitrogen and oxygen atoms in total. The molecule has 0 aromatic heterocycles. The van der Waals surface area contributed by atoms with Crippen molar-refractivity contribution in [1.82, 2.24) is 4.90 Å². The van der Waals surface area contributed by atoms with Crippen LogP contribution in [0.1, 0.15) is 28.4 Å². The van der Waals surface area contributed by atoms with E-state index >= 15 is 0 Å². The van der Waals surface area contributed by atoms with Gasteiger partial charge in [-0.05, 0) is 60.5 Å². The highest BCUT2D eigenvalue weighted by Gasteiger charge is 2.12. The molecule has 2 amide bonds. The summed E-state index contributed by atoms with van der Waals surface area (Å²) in [6.07, 6.45) is 1.57. The van der Waals surface area contributed by atoms with E-state index in [1.54, 1.807) is 44.4 Å². The van der Waals surface area contributed by atoms with Crippen LogP contribution in [0, 0.1) is 11.3 Å². The van der Waals surface area contributed by atoms with E-state index in [1.807, 2.05) is 48.5 Å². The van der Waals surface area contributed by atoms with Gasteiger partial charge < -0.3 is 15.1 Å². The van der Waals surface area contributed by atoms with Crippen molar-refractivity contribution in [1.29, 1.82) is 5.26 Å². The lowest BCUT2D eigenvalue weighted by atomic mass is 10.1. The van der Waals surface area contributed by atoms with Gasteiger partial charge in [-0.25, -0.2) is 0 Å². The Bertz CT molecular complexity index is 1190. The predicted molar refractivity (Wildman–Crippen MR) is 136 cm³/mol. The number of benzene rings is 3. The molecule has 0 saturated heterocycles.